The van der Waals surface area contributed by atoms with Gasteiger partial charge >= 0.3 is 5.97 Å². The van der Waals surface area contributed by atoms with Crippen molar-refractivity contribution >= 4 is 11.8 Å². The van der Waals surface area contributed by atoms with Gasteiger partial charge in [-0.2, -0.15) is 0 Å². The first-order valence-electron chi connectivity index (χ1n) is 7.16. The lowest BCUT2D eigenvalue weighted by molar-refractivity contribution is -0.139. The van der Waals surface area contributed by atoms with Crippen LogP contribution in [0.5, 0.6) is 0 Å². The van der Waals surface area contributed by atoms with Crippen molar-refractivity contribution in [2.45, 2.75) is 52.4 Å². The van der Waals surface area contributed by atoms with Crippen molar-refractivity contribution in [1.82, 2.24) is 0 Å². The molecule has 0 unspecified atom stereocenters. The van der Waals surface area contributed by atoms with Crippen molar-refractivity contribution in [2.24, 2.45) is 5.92 Å². The van der Waals surface area contributed by atoms with E-state index in [1.165, 1.54) is 0 Å². The predicted molar refractivity (Wildman–Crippen MR) is 75.7 cm³/mol. The minimum Gasteiger partial charge on any atom is -0.463 e. The molecule has 106 valence electrons. The Labute approximate surface area is 115 Å². The first-order chi connectivity index (χ1) is 9.08. The number of rotatable bonds is 7. The van der Waals surface area contributed by atoms with Crippen LogP contribution < -0.4 is 0 Å². The second-order valence-corrected chi connectivity index (χ2v) is 5.06. The number of allylic oxidation sites excluding steroid dienone is 2. The van der Waals surface area contributed by atoms with Gasteiger partial charge in [0.1, 0.15) is 5.78 Å². The number of hydrogen-bond acceptors (Lipinski definition) is 3. The molecule has 0 aromatic carbocycles. The standard InChI is InChI=1S/C16H24O3/c1-4-6-7-12(3)10-15(16(18)19-5-2)13-8-9-14(17)11-13/h10,13H,3-9,11H2,1-2H3/b15-10+/t13-/m0/s1. The SMILES string of the molecule is C=C(/C=C(/C(=O)OCC)[C@H]1CCC(=O)C1)CCCC. The Balaban J connectivity index is 2.79. The summed E-state index contributed by atoms with van der Waals surface area (Å²) in [5.74, 6) is -0.0378. The second kappa shape index (κ2) is 7.93. The highest BCUT2D eigenvalue weighted by Gasteiger charge is 2.29. The Bertz CT molecular complexity index is 379. The minimum atomic E-state index is -0.292. The van der Waals surface area contributed by atoms with Crippen molar-refractivity contribution in [1.29, 1.82) is 0 Å². The smallest absolute Gasteiger partial charge is 0.334 e. The Morgan fingerprint density at radius 1 is 1.47 bits per heavy atom. The number of unbranched alkanes of at least 4 members (excludes halogenated alkanes) is 1. The maximum atomic E-state index is 12.0. The highest BCUT2D eigenvalue weighted by molar-refractivity contribution is 5.92. The van der Waals surface area contributed by atoms with E-state index in [1.807, 2.05) is 6.08 Å². The van der Waals surface area contributed by atoms with Gasteiger partial charge in [0, 0.05) is 18.4 Å². The number of esters is 1. The van der Waals surface area contributed by atoms with Gasteiger partial charge in [-0.15, -0.1) is 0 Å². The highest BCUT2D eigenvalue weighted by Crippen LogP contribution is 2.30. The first-order valence-corrected chi connectivity index (χ1v) is 7.16. The summed E-state index contributed by atoms with van der Waals surface area (Å²) in [4.78, 5) is 23.4. The van der Waals surface area contributed by atoms with E-state index in [9.17, 15) is 9.59 Å². The quantitative estimate of drug-likeness (QED) is 0.401. The van der Waals surface area contributed by atoms with Gasteiger partial charge in [-0.05, 0) is 38.2 Å². The van der Waals surface area contributed by atoms with E-state index < -0.39 is 0 Å². The predicted octanol–water partition coefficient (Wildman–Crippen LogP) is 3.59. The Morgan fingerprint density at radius 2 is 2.21 bits per heavy atom. The third kappa shape index (κ3) is 5.01. The van der Waals surface area contributed by atoms with E-state index in [0.717, 1.165) is 31.3 Å². The summed E-state index contributed by atoms with van der Waals surface area (Å²) in [6.07, 6.45) is 6.69. The molecule has 19 heavy (non-hydrogen) atoms. The van der Waals surface area contributed by atoms with Gasteiger partial charge in [-0.1, -0.05) is 25.5 Å². The van der Waals surface area contributed by atoms with Crippen LogP contribution in [0.4, 0.5) is 0 Å². The zero-order valence-corrected chi connectivity index (χ0v) is 12.0. The molecule has 1 atom stereocenters. The molecule has 0 spiro atoms. The van der Waals surface area contributed by atoms with Crippen LogP contribution in [0, 0.1) is 5.92 Å². The van der Waals surface area contributed by atoms with Crippen LogP contribution in [0.2, 0.25) is 0 Å². The molecule has 0 aliphatic heterocycles. The summed E-state index contributed by atoms with van der Waals surface area (Å²) in [7, 11) is 0. The lowest BCUT2D eigenvalue weighted by atomic mass is 9.94. The van der Waals surface area contributed by atoms with Crippen molar-refractivity contribution < 1.29 is 14.3 Å². The molecule has 1 fully saturated rings. The van der Waals surface area contributed by atoms with Crippen molar-refractivity contribution in [2.75, 3.05) is 6.61 Å². The van der Waals surface area contributed by atoms with Gasteiger partial charge in [-0.25, -0.2) is 4.79 Å². The highest BCUT2D eigenvalue weighted by atomic mass is 16.5. The molecule has 1 aliphatic carbocycles. The number of Topliss-reactive ketones (excluding diaryl/α,β-unsaturated/α-hetero) is 1. The van der Waals surface area contributed by atoms with Crippen LogP contribution in [0.3, 0.4) is 0 Å². The number of ether oxygens (including phenoxy) is 1. The maximum absolute atomic E-state index is 12.0. The molecule has 0 heterocycles. The van der Waals surface area contributed by atoms with Gasteiger partial charge in [-0.3, -0.25) is 4.79 Å². The van der Waals surface area contributed by atoms with E-state index in [4.69, 9.17) is 4.74 Å². The van der Waals surface area contributed by atoms with Crippen LogP contribution in [0.15, 0.2) is 23.8 Å². The summed E-state index contributed by atoms with van der Waals surface area (Å²) in [6, 6.07) is 0. The molecule has 0 radical (unpaired) electrons. The van der Waals surface area contributed by atoms with Gasteiger partial charge < -0.3 is 4.74 Å². The van der Waals surface area contributed by atoms with Crippen molar-refractivity contribution in [3.8, 4) is 0 Å². The van der Waals surface area contributed by atoms with E-state index in [2.05, 4.69) is 13.5 Å². The third-order valence-electron chi connectivity index (χ3n) is 3.41. The molecule has 1 saturated carbocycles. The van der Waals surface area contributed by atoms with Gasteiger partial charge in [0.05, 0.1) is 6.61 Å². The summed E-state index contributed by atoms with van der Waals surface area (Å²) < 4.78 is 5.10. The van der Waals surface area contributed by atoms with E-state index in [-0.39, 0.29) is 17.7 Å². The molecule has 0 N–H and O–H groups in total. The molecular weight excluding hydrogens is 240 g/mol. The molecule has 1 rings (SSSR count). The fourth-order valence-corrected chi connectivity index (χ4v) is 2.33. The van der Waals surface area contributed by atoms with Gasteiger partial charge in [0.15, 0.2) is 0 Å². The first kappa shape index (κ1) is 15.7. The average Bonchev–Trinajstić information content (AvgIpc) is 2.80. The van der Waals surface area contributed by atoms with Crippen LogP contribution in [-0.2, 0) is 14.3 Å². The fraction of sp³-hybridized carbons (Fsp3) is 0.625. The Kier molecular flexibility index (Phi) is 6.54. The normalized spacial score (nSPS) is 19.6. The fourth-order valence-electron chi connectivity index (χ4n) is 2.33. The molecule has 0 aromatic rings. The molecule has 0 bridgehead atoms. The summed E-state index contributed by atoms with van der Waals surface area (Å²) in [5.41, 5.74) is 1.58. The van der Waals surface area contributed by atoms with Crippen LogP contribution in [-0.4, -0.2) is 18.4 Å². The summed E-state index contributed by atoms with van der Waals surface area (Å²) in [6.45, 7) is 8.27. The van der Waals surface area contributed by atoms with Crippen LogP contribution in [0.25, 0.3) is 0 Å². The largest absolute Gasteiger partial charge is 0.463 e. The van der Waals surface area contributed by atoms with Crippen LogP contribution >= 0.6 is 0 Å². The summed E-state index contributed by atoms with van der Waals surface area (Å²) in [5, 5.41) is 0. The van der Waals surface area contributed by atoms with E-state index >= 15 is 0 Å². The Morgan fingerprint density at radius 3 is 2.74 bits per heavy atom. The van der Waals surface area contributed by atoms with Crippen LogP contribution in [0.1, 0.15) is 52.4 Å². The third-order valence-corrected chi connectivity index (χ3v) is 3.41. The molecule has 0 saturated heterocycles. The number of ketones is 1. The zero-order valence-electron chi connectivity index (χ0n) is 12.0. The van der Waals surface area contributed by atoms with E-state index in [0.29, 0.717) is 25.0 Å². The topological polar surface area (TPSA) is 43.4 Å². The number of carbonyl (C=O) groups is 2. The molecule has 3 nitrogen and oxygen atoms in total. The lowest BCUT2D eigenvalue weighted by Crippen LogP contribution is -2.15. The lowest BCUT2D eigenvalue weighted by Gasteiger charge is -2.13. The zero-order chi connectivity index (χ0) is 14.3. The molecule has 0 amide bonds. The number of hydrogen-bond donors (Lipinski definition) is 0. The molecule has 0 aromatic heterocycles. The molecule has 1 aliphatic rings. The monoisotopic (exact) mass is 264 g/mol. The van der Waals surface area contributed by atoms with Gasteiger partial charge in [0.2, 0.25) is 0 Å². The second-order valence-electron chi connectivity index (χ2n) is 5.06. The Hall–Kier alpha value is -1.38. The van der Waals surface area contributed by atoms with E-state index in [1.54, 1.807) is 6.92 Å². The van der Waals surface area contributed by atoms with Crippen molar-refractivity contribution in [3.05, 3.63) is 23.8 Å². The molecular formula is C16H24O3. The summed E-state index contributed by atoms with van der Waals surface area (Å²) >= 11 is 0. The maximum Gasteiger partial charge on any atom is 0.334 e. The number of carbonyl (C=O) groups excluding carboxylic acids is 2. The minimum absolute atomic E-state index is 0.0185. The van der Waals surface area contributed by atoms with Crippen molar-refractivity contribution in [3.63, 3.8) is 0 Å². The van der Waals surface area contributed by atoms with Gasteiger partial charge in [0.25, 0.3) is 0 Å². The molecule has 3 heteroatoms. The average molecular weight is 264 g/mol.